The topological polar surface area (TPSA) is 0 Å². The second-order valence-electron chi connectivity index (χ2n) is 1.58. The quantitative estimate of drug-likeness (QED) is 0.391. The SMILES string of the molecule is [SiH3]c1cc[c]cc1. The van der Waals surface area contributed by atoms with Crippen molar-refractivity contribution in [1.82, 2.24) is 0 Å². The lowest BCUT2D eigenvalue weighted by molar-refractivity contribution is 1.75. The summed E-state index contributed by atoms with van der Waals surface area (Å²) in [5, 5.41) is 1.43. The lowest BCUT2D eigenvalue weighted by atomic mass is 10.4. The monoisotopic (exact) mass is 107 g/mol. The fraction of sp³-hybridized carbons (Fsp3) is 0. The van der Waals surface area contributed by atoms with Crippen LogP contribution in [-0.4, -0.2) is 10.2 Å². The van der Waals surface area contributed by atoms with E-state index in [0.29, 0.717) is 0 Å². The molecule has 0 amide bonds. The number of hydrogen-bond donors (Lipinski definition) is 0. The van der Waals surface area contributed by atoms with E-state index < -0.39 is 0 Å². The van der Waals surface area contributed by atoms with Gasteiger partial charge in [-0.25, -0.2) is 0 Å². The molecule has 0 spiro atoms. The van der Waals surface area contributed by atoms with E-state index in [2.05, 4.69) is 18.2 Å². The van der Waals surface area contributed by atoms with E-state index in [-0.39, 0.29) is 0 Å². The Morgan fingerprint density at radius 2 is 1.86 bits per heavy atom. The molecule has 0 aliphatic carbocycles. The minimum Gasteiger partial charge on any atom is -0.0707 e. The van der Waals surface area contributed by atoms with Gasteiger partial charge in [0.2, 0.25) is 0 Å². The highest BCUT2D eigenvalue weighted by Gasteiger charge is 1.72. The molecule has 0 saturated carbocycles. The third-order valence-electron chi connectivity index (χ3n) is 0.885. The highest BCUT2D eigenvalue weighted by Crippen LogP contribution is 1.75. The van der Waals surface area contributed by atoms with Crippen molar-refractivity contribution in [2.45, 2.75) is 0 Å². The fourth-order valence-corrected chi connectivity index (χ4v) is 0.804. The lowest BCUT2D eigenvalue weighted by Crippen LogP contribution is -1.97. The average Bonchev–Trinajstić information content (AvgIpc) is 1.69. The summed E-state index contributed by atoms with van der Waals surface area (Å²) in [7, 11) is 1.15. The Bertz CT molecular complexity index is 134. The predicted molar refractivity (Wildman–Crippen MR) is 34.9 cm³/mol. The molecule has 1 radical (unpaired) electrons. The molecular formula is C6H7Si. The predicted octanol–water partition coefficient (Wildman–Crippen LogP) is -0.523. The first kappa shape index (κ1) is 4.59. The summed E-state index contributed by atoms with van der Waals surface area (Å²) in [5.74, 6) is 0. The van der Waals surface area contributed by atoms with Crippen molar-refractivity contribution in [2.75, 3.05) is 0 Å². The summed E-state index contributed by atoms with van der Waals surface area (Å²) in [6.45, 7) is 0. The van der Waals surface area contributed by atoms with Crippen LogP contribution in [0.1, 0.15) is 0 Å². The molecule has 0 bridgehead atoms. The van der Waals surface area contributed by atoms with Crippen molar-refractivity contribution in [3.63, 3.8) is 0 Å². The minimum absolute atomic E-state index is 1.15. The van der Waals surface area contributed by atoms with Gasteiger partial charge in [0.25, 0.3) is 0 Å². The highest BCUT2D eigenvalue weighted by atomic mass is 28.1. The Labute approximate surface area is 46.6 Å². The Kier molecular flexibility index (Phi) is 1.27. The van der Waals surface area contributed by atoms with Crippen molar-refractivity contribution in [3.8, 4) is 0 Å². The van der Waals surface area contributed by atoms with Crippen LogP contribution in [0.25, 0.3) is 0 Å². The molecule has 0 unspecified atom stereocenters. The number of benzene rings is 1. The molecule has 0 nitrogen and oxygen atoms in total. The maximum absolute atomic E-state index is 2.96. The smallest absolute Gasteiger partial charge is 0.0384 e. The van der Waals surface area contributed by atoms with Gasteiger partial charge in [-0.3, -0.25) is 0 Å². The van der Waals surface area contributed by atoms with Gasteiger partial charge in [0.1, 0.15) is 0 Å². The van der Waals surface area contributed by atoms with E-state index in [1.54, 1.807) is 0 Å². The molecule has 0 aromatic heterocycles. The maximum atomic E-state index is 2.96. The molecule has 1 aromatic rings. The second kappa shape index (κ2) is 1.94. The Balaban J connectivity index is 3.02. The van der Waals surface area contributed by atoms with E-state index in [0.717, 1.165) is 10.2 Å². The third-order valence-corrected chi connectivity index (χ3v) is 1.55. The van der Waals surface area contributed by atoms with Crippen molar-refractivity contribution >= 4 is 15.4 Å². The normalized spacial score (nSPS) is 9.14. The Morgan fingerprint density at radius 3 is 2.14 bits per heavy atom. The molecule has 0 aliphatic heterocycles. The summed E-state index contributed by atoms with van der Waals surface area (Å²) < 4.78 is 0. The van der Waals surface area contributed by atoms with Crippen LogP contribution >= 0.6 is 0 Å². The zero-order valence-corrected chi connectivity index (χ0v) is 6.31. The first-order chi connectivity index (χ1) is 3.39. The summed E-state index contributed by atoms with van der Waals surface area (Å²) in [6.07, 6.45) is 0. The van der Waals surface area contributed by atoms with Crippen molar-refractivity contribution in [3.05, 3.63) is 30.3 Å². The maximum Gasteiger partial charge on any atom is 0.0384 e. The van der Waals surface area contributed by atoms with Crippen LogP contribution in [0.4, 0.5) is 0 Å². The van der Waals surface area contributed by atoms with Gasteiger partial charge in [-0.2, -0.15) is 0 Å². The Hall–Kier alpha value is -0.563. The van der Waals surface area contributed by atoms with Gasteiger partial charge in [-0.1, -0.05) is 29.5 Å². The molecule has 0 N–H and O–H groups in total. The van der Waals surface area contributed by atoms with E-state index in [1.165, 1.54) is 5.19 Å². The van der Waals surface area contributed by atoms with Crippen molar-refractivity contribution in [1.29, 1.82) is 0 Å². The van der Waals surface area contributed by atoms with Crippen LogP contribution in [0.3, 0.4) is 0 Å². The molecule has 1 heteroatoms. The Morgan fingerprint density at radius 1 is 1.29 bits per heavy atom. The fourth-order valence-electron chi connectivity index (χ4n) is 0.470. The zero-order chi connectivity index (χ0) is 5.11. The van der Waals surface area contributed by atoms with Crippen LogP contribution in [0.15, 0.2) is 24.3 Å². The van der Waals surface area contributed by atoms with E-state index in [9.17, 15) is 0 Å². The van der Waals surface area contributed by atoms with E-state index in [1.807, 2.05) is 12.1 Å². The molecule has 0 atom stereocenters. The number of rotatable bonds is 0. The average molecular weight is 107 g/mol. The lowest BCUT2D eigenvalue weighted by Gasteiger charge is -1.82. The van der Waals surface area contributed by atoms with E-state index in [4.69, 9.17) is 0 Å². The minimum atomic E-state index is 1.15. The summed E-state index contributed by atoms with van der Waals surface area (Å²) in [5.41, 5.74) is 0. The summed E-state index contributed by atoms with van der Waals surface area (Å²) >= 11 is 0. The van der Waals surface area contributed by atoms with Crippen LogP contribution in [0, 0.1) is 6.07 Å². The first-order valence-corrected chi connectivity index (χ1v) is 3.32. The van der Waals surface area contributed by atoms with Crippen LogP contribution in [-0.2, 0) is 0 Å². The zero-order valence-electron chi connectivity index (χ0n) is 4.31. The van der Waals surface area contributed by atoms with Gasteiger partial charge < -0.3 is 0 Å². The van der Waals surface area contributed by atoms with Gasteiger partial charge in [0, 0.05) is 10.2 Å². The second-order valence-corrected chi connectivity index (χ2v) is 2.73. The van der Waals surface area contributed by atoms with E-state index >= 15 is 0 Å². The summed E-state index contributed by atoms with van der Waals surface area (Å²) in [6, 6.07) is 11.0. The van der Waals surface area contributed by atoms with Gasteiger partial charge >= 0.3 is 0 Å². The molecule has 0 heterocycles. The van der Waals surface area contributed by atoms with Crippen LogP contribution in [0.5, 0.6) is 0 Å². The third kappa shape index (κ3) is 1.16. The molecule has 0 aliphatic rings. The molecule has 1 aromatic carbocycles. The molecule has 0 saturated heterocycles. The standard InChI is InChI=1S/C6H7Si/c7-6-4-2-1-3-5-6/h2-5H,7H3. The largest absolute Gasteiger partial charge is 0.0707 e. The molecule has 35 valence electrons. The van der Waals surface area contributed by atoms with Crippen molar-refractivity contribution < 1.29 is 0 Å². The van der Waals surface area contributed by atoms with Crippen LogP contribution in [0.2, 0.25) is 0 Å². The van der Waals surface area contributed by atoms with Gasteiger partial charge in [0.15, 0.2) is 0 Å². The molecular weight excluding hydrogens is 100 g/mol. The highest BCUT2D eigenvalue weighted by molar-refractivity contribution is 6.32. The molecule has 7 heavy (non-hydrogen) atoms. The van der Waals surface area contributed by atoms with Gasteiger partial charge in [0.05, 0.1) is 0 Å². The number of hydrogen-bond acceptors (Lipinski definition) is 0. The first-order valence-electron chi connectivity index (χ1n) is 2.32. The summed E-state index contributed by atoms with van der Waals surface area (Å²) in [4.78, 5) is 0. The van der Waals surface area contributed by atoms with Gasteiger partial charge in [-0.05, 0) is 6.07 Å². The molecule has 0 fully saturated rings. The van der Waals surface area contributed by atoms with Crippen molar-refractivity contribution in [2.24, 2.45) is 0 Å². The van der Waals surface area contributed by atoms with Crippen LogP contribution < -0.4 is 5.19 Å². The van der Waals surface area contributed by atoms with Gasteiger partial charge in [-0.15, -0.1) is 0 Å². The molecule has 1 rings (SSSR count).